The van der Waals surface area contributed by atoms with Crippen molar-refractivity contribution >= 4 is 21.6 Å². The molecule has 0 spiro atoms. The summed E-state index contributed by atoms with van der Waals surface area (Å²) in [6, 6.07) is 15.2. The summed E-state index contributed by atoms with van der Waals surface area (Å²) < 4.78 is 26.8. The van der Waals surface area contributed by atoms with E-state index in [1.54, 1.807) is 48.3 Å². The van der Waals surface area contributed by atoms with Crippen molar-refractivity contribution in [3.05, 3.63) is 60.2 Å². The van der Waals surface area contributed by atoms with Gasteiger partial charge in [0.05, 0.1) is 10.6 Å². The third kappa shape index (κ3) is 3.59. The van der Waals surface area contributed by atoms with Gasteiger partial charge in [-0.3, -0.25) is 9.10 Å². The van der Waals surface area contributed by atoms with Gasteiger partial charge in [0.2, 0.25) is 0 Å². The quantitative estimate of drug-likeness (QED) is 0.870. The molecule has 1 heterocycles. The first-order valence-corrected chi connectivity index (χ1v) is 9.97. The minimum absolute atomic E-state index is 0.0981. The maximum atomic E-state index is 12.8. The van der Waals surface area contributed by atoms with Crippen LogP contribution in [0.3, 0.4) is 0 Å². The van der Waals surface area contributed by atoms with Gasteiger partial charge in [-0.2, -0.15) is 0 Å². The van der Waals surface area contributed by atoms with Crippen molar-refractivity contribution in [2.45, 2.75) is 17.4 Å². The van der Waals surface area contributed by atoms with Crippen LogP contribution in [0.1, 0.15) is 16.8 Å². The molecule has 1 atom stereocenters. The van der Waals surface area contributed by atoms with Crippen LogP contribution in [0.25, 0.3) is 0 Å². The predicted molar refractivity (Wildman–Crippen MR) is 102 cm³/mol. The number of hydrogen-bond donors (Lipinski definition) is 1. The summed E-state index contributed by atoms with van der Waals surface area (Å²) >= 11 is 0. The molecule has 1 fully saturated rings. The lowest BCUT2D eigenvalue weighted by molar-refractivity contribution is 0.0743. The molecule has 1 saturated heterocycles. The second-order valence-electron chi connectivity index (χ2n) is 6.40. The van der Waals surface area contributed by atoms with E-state index >= 15 is 0 Å². The van der Waals surface area contributed by atoms with Crippen LogP contribution in [0.5, 0.6) is 0 Å². The molecule has 1 amide bonds. The summed E-state index contributed by atoms with van der Waals surface area (Å²) in [6.07, 6.45) is 0.927. The lowest BCUT2D eigenvalue weighted by Crippen LogP contribution is -2.38. The molecule has 6 nitrogen and oxygen atoms in total. The number of anilines is 1. The fourth-order valence-corrected chi connectivity index (χ4v) is 4.24. The summed E-state index contributed by atoms with van der Waals surface area (Å²) in [5, 5.41) is 3.24. The summed E-state index contributed by atoms with van der Waals surface area (Å²) in [7, 11) is -0.368. The van der Waals surface area contributed by atoms with E-state index in [-0.39, 0.29) is 16.8 Å². The Bertz CT molecular complexity index is 861. The van der Waals surface area contributed by atoms with Crippen LogP contribution in [-0.2, 0) is 10.0 Å². The molecule has 1 N–H and O–H groups in total. The van der Waals surface area contributed by atoms with Crippen molar-refractivity contribution in [1.82, 2.24) is 10.2 Å². The molecular formula is C19H23N3O3S. The van der Waals surface area contributed by atoms with Gasteiger partial charge in [0.1, 0.15) is 0 Å². The first-order valence-electron chi connectivity index (χ1n) is 8.53. The van der Waals surface area contributed by atoms with E-state index in [1.807, 2.05) is 6.07 Å². The number of carbonyl (C=O) groups is 1. The van der Waals surface area contributed by atoms with Crippen LogP contribution in [0, 0.1) is 0 Å². The van der Waals surface area contributed by atoms with Crippen molar-refractivity contribution < 1.29 is 13.2 Å². The minimum atomic E-state index is -3.67. The van der Waals surface area contributed by atoms with Gasteiger partial charge in [0.15, 0.2) is 0 Å². The largest absolute Gasteiger partial charge is 0.337 e. The van der Waals surface area contributed by atoms with Gasteiger partial charge in [0.25, 0.3) is 15.9 Å². The molecule has 138 valence electrons. The molecule has 0 aliphatic carbocycles. The Morgan fingerprint density at radius 1 is 1.04 bits per heavy atom. The third-order valence-electron chi connectivity index (χ3n) is 4.78. The van der Waals surface area contributed by atoms with Gasteiger partial charge in [-0.1, -0.05) is 18.2 Å². The van der Waals surface area contributed by atoms with Crippen molar-refractivity contribution in [3.63, 3.8) is 0 Å². The fraction of sp³-hybridized carbons (Fsp3) is 0.316. The smallest absolute Gasteiger partial charge is 0.264 e. The highest BCUT2D eigenvalue weighted by Crippen LogP contribution is 2.22. The Hall–Kier alpha value is -2.38. The average Bonchev–Trinajstić information content (AvgIpc) is 3.21. The minimum Gasteiger partial charge on any atom is -0.337 e. The van der Waals surface area contributed by atoms with Gasteiger partial charge >= 0.3 is 0 Å². The molecule has 0 radical (unpaired) electrons. The number of nitrogens with zero attached hydrogens (tertiary/aromatic N) is 2. The zero-order valence-electron chi connectivity index (χ0n) is 14.9. The molecule has 2 aromatic rings. The SMILES string of the molecule is CN(C(=O)c1ccc(S(=O)(=O)N(C)c2ccccc2)cc1)C1CCNC1. The topological polar surface area (TPSA) is 69.7 Å². The Labute approximate surface area is 154 Å². The maximum absolute atomic E-state index is 12.8. The standard InChI is InChI=1S/C19H23N3O3S/c1-21(17-12-13-20-14-17)19(23)15-8-10-18(11-9-15)26(24,25)22(2)16-6-4-3-5-7-16/h3-11,17,20H,12-14H2,1-2H3. The van der Waals surface area contributed by atoms with Crippen LogP contribution >= 0.6 is 0 Å². The van der Waals surface area contributed by atoms with Crippen molar-refractivity contribution in [2.75, 3.05) is 31.5 Å². The van der Waals surface area contributed by atoms with Gasteiger partial charge < -0.3 is 10.2 Å². The zero-order valence-corrected chi connectivity index (χ0v) is 15.7. The summed E-state index contributed by atoms with van der Waals surface area (Å²) in [4.78, 5) is 14.5. The monoisotopic (exact) mass is 373 g/mol. The van der Waals surface area contributed by atoms with Crippen LogP contribution in [0.4, 0.5) is 5.69 Å². The highest BCUT2D eigenvalue weighted by atomic mass is 32.2. The van der Waals surface area contributed by atoms with Crippen LogP contribution in [0.2, 0.25) is 0 Å². The van der Waals surface area contributed by atoms with Gasteiger partial charge in [-0.25, -0.2) is 8.42 Å². The molecule has 0 aromatic heterocycles. The second kappa shape index (κ2) is 7.47. The number of sulfonamides is 1. The highest BCUT2D eigenvalue weighted by molar-refractivity contribution is 7.92. The van der Waals surface area contributed by atoms with E-state index in [1.165, 1.54) is 23.5 Å². The van der Waals surface area contributed by atoms with Crippen LogP contribution in [-0.4, -0.2) is 52.5 Å². The van der Waals surface area contributed by atoms with Crippen LogP contribution < -0.4 is 9.62 Å². The van der Waals surface area contributed by atoms with E-state index in [0.717, 1.165) is 19.5 Å². The van der Waals surface area contributed by atoms with E-state index < -0.39 is 10.0 Å². The lowest BCUT2D eigenvalue weighted by atomic mass is 10.1. The molecule has 1 aliphatic heterocycles. The Balaban J connectivity index is 1.79. The van der Waals surface area contributed by atoms with E-state index in [9.17, 15) is 13.2 Å². The van der Waals surface area contributed by atoms with Crippen molar-refractivity contribution in [3.8, 4) is 0 Å². The van der Waals surface area contributed by atoms with Crippen molar-refractivity contribution in [2.24, 2.45) is 0 Å². The molecule has 26 heavy (non-hydrogen) atoms. The van der Waals surface area contributed by atoms with Crippen LogP contribution in [0.15, 0.2) is 59.5 Å². The predicted octanol–water partition coefficient (Wildman–Crippen LogP) is 1.95. The molecule has 0 saturated carbocycles. The number of amides is 1. The average molecular weight is 373 g/mol. The first kappa shape index (κ1) is 18.4. The summed E-state index contributed by atoms with van der Waals surface area (Å²) in [6.45, 7) is 1.70. The molecule has 0 bridgehead atoms. The lowest BCUT2D eigenvalue weighted by Gasteiger charge is -2.24. The number of carbonyl (C=O) groups excluding carboxylic acids is 1. The highest BCUT2D eigenvalue weighted by Gasteiger charge is 2.25. The van der Waals surface area contributed by atoms with E-state index in [2.05, 4.69) is 5.32 Å². The Morgan fingerprint density at radius 3 is 2.27 bits per heavy atom. The number of para-hydroxylation sites is 1. The normalized spacial score (nSPS) is 17.1. The molecule has 1 unspecified atom stereocenters. The number of rotatable bonds is 5. The molecular weight excluding hydrogens is 350 g/mol. The van der Waals surface area contributed by atoms with Gasteiger partial charge in [-0.15, -0.1) is 0 Å². The summed E-state index contributed by atoms with van der Waals surface area (Å²) in [5.41, 5.74) is 1.07. The number of likely N-dealkylation sites (N-methyl/N-ethyl adjacent to an activating group) is 1. The number of hydrogen-bond acceptors (Lipinski definition) is 4. The summed E-state index contributed by atoms with van der Waals surface area (Å²) in [5.74, 6) is -0.0981. The third-order valence-corrected chi connectivity index (χ3v) is 6.58. The van der Waals surface area contributed by atoms with E-state index in [4.69, 9.17) is 0 Å². The molecule has 1 aliphatic rings. The number of benzene rings is 2. The molecule has 7 heteroatoms. The Morgan fingerprint density at radius 2 is 1.69 bits per heavy atom. The van der Waals surface area contributed by atoms with Crippen molar-refractivity contribution in [1.29, 1.82) is 0 Å². The first-order chi connectivity index (χ1) is 12.4. The maximum Gasteiger partial charge on any atom is 0.264 e. The van der Waals surface area contributed by atoms with E-state index in [0.29, 0.717) is 11.3 Å². The molecule has 2 aromatic carbocycles. The second-order valence-corrected chi connectivity index (χ2v) is 8.36. The number of nitrogens with one attached hydrogen (secondary N) is 1. The Kier molecular flexibility index (Phi) is 5.29. The van der Waals surface area contributed by atoms with Gasteiger partial charge in [-0.05, 0) is 49.4 Å². The van der Waals surface area contributed by atoms with Gasteiger partial charge in [0, 0.05) is 32.2 Å². The molecule has 3 rings (SSSR count). The fourth-order valence-electron chi connectivity index (χ4n) is 3.04. The zero-order chi connectivity index (χ0) is 18.7.